The Kier molecular flexibility index (Phi) is 4.59. The number of rotatable bonds is 5. The average molecular weight is 253 g/mol. The van der Waals surface area contributed by atoms with Crippen LogP contribution in [0.15, 0.2) is 16.9 Å². The molecule has 7 nitrogen and oxygen atoms in total. The fourth-order valence-electron chi connectivity index (χ4n) is 1.40. The number of aromatic amines is 1. The molecule has 0 spiro atoms. The van der Waals surface area contributed by atoms with Gasteiger partial charge in [0, 0.05) is 12.1 Å². The summed E-state index contributed by atoms with van der Waals surface area (Å²) in [6.07, 6.45) is 0.627. The zero-order valence-corrected chi connectivity index (χ0v) is 10.2. The molecule has 18 heavy (non-hydrogen) atoms. The molecule has 0 aliphatic carbocycles. The molecule has 1 heterocycles. The van der Waals surface area contributed by atoms with Gasteiger partial charge in [-0.1, -0.05) is 6.92 Å². The molecule has 0 radical (unpaired) electrons. The van der Waals surface area contributed by atoms with Gasteiger partial charge in [-0.25, -0.2) is 5.10 Å². The number of carbonyl (C=O) groups is 2. The zero-order chi connectivity index (χ0) is 13.7. The summed E-state index contributed by atoms with van der Waals surface area (Å²) in [5.41, 5.74) is -0.393. The van der Waals surface area contributed by atoms with Gasteiger partial charge in [-0.15, -0.1) is 0 Å². The molecule has 0 aliphatic rings. The highest BCUT2D eigenvalue weighted by Gasteiger charge is 2.23. The number of carboxylic acids is 1. The van der Waals surface area contributed by atoms with Crippen molar-refractivity contribution in [3.63, 3.8) is 0 Å². The van der Waals surface area contributed by atoms with Crippen LogP contribution in [0.4, 0.5) is 0 Å². The van der Waals surface area contributed by atoms with Crippen LogP contribution in [0.2, 0.25) is 0 Å². The number of hydrogen-bond acceptors (Lipinski definition) is 4. The van der Waals surface area contributed by atoms with Crippen molar-refractivity contribution >= 4 is 11.9 Å². The molecule has 0 aromatic carbocycles. The Labute approximate surface area is 103 Å². The lowest BCUT2D eigenvalue weighted by Crippen LogP contribution is -2.42. The molecule has 98 valence electrons. The second-order valence-electron chi connectivity index (χ2n) is 3.89. The summed E-state index contributed by atoms with van der Waals surface area (Å²) in [5.74, 6) is -1.60. The highest BCUT2D eigenvalue weighted by molar-refractivity contribution is 5.94. The van der Waals surface area contributed by atoms with Crippen molar-refractivity contribution < 1.29 is 14.7 Å². The first kappa shape index (κ1) is 13.9. The average Bonchev–Trinajstić information content (AvgIpc) is 2.35. The number of H-pyrrole nitrogens is 1. The van der Waals surface area contributed by atoms with E-state index in [-0.39, 0.29) is 11.7 Å². The van der Waals surface area contributed by atoms with E-state index in [1.807, 2.05) is 6.92 Å². The van der Waals surface area contributed by atoms with Crippen molar-refractivity contribution in [2.45, 2.75) is 26.3 Å². The molecule has 0 bridgehead atoms. The minimum absolute atomic E-state index is 0.0242. The Bertz CT molecular complexity index is 477. The van der Waals surface area contributed by atoms with Gasteiger partial charge in [0.25, 0.3) is 11.5 Å². The van der Waals surface area contributed by atoms with Crippen LogP contribution in [-0.2, 0) is 4.79 Å². The number of aromatic nitrogens is 2. The lowest BCUT2D eigenvalue weighted by molar-refractivity contribution is -0.138. The van der Waals surface area contributed by atoms with Gasteiger partial charge in [0.2, 0.25) is 0 Å². The number of carboxylic acid groups (broad SMARTS) is 1. The Morgan fingerprint density at radius 2 is 2.17 bits per heavy atom. The minimum Gasteiger partial charge on any atom is -0.480 e. The molecule has 1 amide bonds. The van der Waals surface area contributed by atoms with E-state index >= 15 is 0 Å². The van der Waals surface area contributed by atoms with E-state index in [9.17, 15) is 14.4 Å². The van der Waals surface area contributed by atoms with Crippen LogP contribution >= 0.6 is 0 Å². The van der Waals surface area contributed by atoms with Gasteiger partial charge in [0.1, 0.15) is 12.2 Å². The Hall–Kier alpha value is -2.18. The molecule has 1 aromatic heterocycles. The van der Waals surface area contributed by atoms with E-state index in [0.29, 0.717) is 6.42 Å². The maximum Gasteiger partial charge on any atom is 0.323 e. The first-order chi connectivity index (χ1) is 8.45. The molecule has 0 saturated heterocycles. The molecule has 1 rings (SSSR count). The Morgan fingerprint density at radius 3 is 2.61 bits per heavy atom. The van der Waals surface area contributed by atoms with Crippen molar-refractivity contribution in [1.29, 1.82) is 0 Å². The van der Waals surface area contributed by atoms with Crippen LogP contribution in [0, 0.1) is 0 Å². The quantitative estimate of drug-likeness (QED) is 0.774. The van der Waals surface area contributed by atoms with Crippen molar-refractivity contribution in [2.24, 2.45) is 0 Å². The fraction of sp³-hybridized carbons (Fsp3) is 0.455. The molecule has 2 N–H and O–H groups in total. The van der Waals surface area contributed by atoms with Gasteiger partial charge in [0.05, 0.1) is 0 Å². The van der Waals surface area contributed by atoms with E-state index in [2.05, 4.69) is 10.2 Å². The monoisotopic (exact) mass is 253 g/mol. The van der Waals surface area contributed by atoms with Crippen molar-refractivity contribution in [2.75, 3.05) is 6.54 Å². The van der Waals surface area contributed by atoms with E-state index in [4.69, 9.17) is 5.11 Å². The van der Waals surface area contributed by atoms with Gasteiger partial charge in [0.15, 0.2) is 0 Å². The SMILES string of the molecule is CCC(C)N(CC(=O)O)C(=O)c1ccc(=O)[nH]n1. The van der Waals surface area contributed by atoms with Crippen molar-refractivity contribution in [3.8, 4) is 0 Å². The van der Waals surface area contributed by atoms with Crippen LogP contribution in [0.25, 0.3) is 0 Å². The number of carbonyl (C=O) groups excluding carboxylic acids is 1. The summed E-state index contributed by atoms with van der Waals surface area (Å²) in [7, 11) is 0. The van der Waals surface area contributed by atoms with E-state index in [0.717, 1.165) is 0 Å². The Morgan fingerprint density at radius 1 is 1.50 bits per heavy atom. The van der Waals surface area contributed by atoms with Crippen LogP contribution in [0.5, 0.6) is 0 Å². The van der Waals surface area contributed by atoms with Gasteiger partial charge in [-0.3, -0.25) is 14.4 Å². The van der Waals surface area contributed by atoms with Crippen molar-refractivity contribution in [3.05, 3.63) is 28.2 Å². The third-order valence-electron chi connectivity index (χ3n) is 2.59. The van der Waals surface area contributed by atoms with Gasteiger partial charge in [-0.2, -0.15) is 5.10 Å². The van der Waals surface area contributed by atoms with E-state index in [1.165, 1.54) is 17.0 Å². The van der Waals surface area contributed by atoms with Gasteiger partial charge in [-0.05, 0) is 19.4 Å². The molecule has 0 fully saturated rings. The smallest absolute Gasteiger partial charge is 0.323 e. The Balaban J connectivity index is 2.97. The number of nitrogens with one attached hydrogen (secondary N) is 1. The minimum atomic E-state index is -1.09. The van der Waals surface area contributed by atoms with Crippen LogP contribution < -0.4 is 5.56 Å². The summed E-state index contributed by atoms with van der Waals surface area (Å²) in [6, 6.07) is 2.23. The van der Waals surface area contributed by atoms with Gasteiger partial charge >= 0.3 is 5.97 Å². The van der Waals surface area contributed by atoms with Crippen LogP contribution in [0.3, 0.4) is 0 Å². The maximum absolute atomic E-state index is 12.1. The number of nitrogens with zero attached hydrogens (tertiary/aromatic N) is 2. The second kappa shape index (κ2) is 5.95. The van der Waals surface area contributed by atoms with E-state index < -0.39 is 24.0 Å². The largest absolute Gasteiger partial charge is 0.480 e. The molecule has 0 saturated carbocycles. The van der Waals surface area contributed by atoms with Gasteiger partial charge < -0.3 is 10.0 Å². The molecule has 1 unspecified atom stereocenters. The molecular weight excluding hydrogens is 238 g/mol. The maximum atomic E-state index is 12.1. The molecular formula is C11H15N3O4. The molecule has 0 aliphatic heterocycles. The predicted molar refractivity (Wildman–Crippen MR) is 63.3 cm³/mol. The zero-order valence-electron chi connectivity index (χ0n) is 10.2. The van der Waals surface area contributed by atoms with Crippen LogP contribution in [0.1, 0.15) is 30.8 Å². The molecule has 7 heteroatoms. The third-order valence-corrected chi connectivity index (χ3v) is 2.59. The summed E-state index contributed by atoms with van der Waals surface area (Å²) >= 11 is 0. The first-order valence-electron chi connectivity index (χ1n) is 5.54. The lowest BCUT2D eigenvalue weighted by Gasteiger charge is -2.26. The summed E-state index contributed by atoms with van der Waals surface area (Å²) in [4.78, 5) is 34.9. The number of amides is 1. The molecule has 1 aromatic rings. The fourth-order valence-corrected chi connectivity index (χ4v) is 1.40. The standard InChI is InChI=1S/C11H15N3O4/c1-3-7(2)14(6-10(16)17)11(18)8-4-5-9(15)13-12-8/h4-5,7H,3,6H2,1-2H3,(H,13,15)(H,16,17). The third kappa shape index (κ3) is 3.41. The second-order valence-corrected chi connectivity index (χ2v) is 3.89. The topological polar surface area (TPSA) is 103 Å². The van der Waals surface area contributed by atoms with E-state index in [1.54, 1.807) is 6.92 Å². The summed E-state index contributed by atoms with van der Waals surface area (Å²) in [5, 5.41) is 14.5. The number of hydrogen-bond donors (Lipinski definition) is 2. The first-order valence-corrected chi connectivity index (χ1v) is 5.54. The normalized spacial score (nSPS) is 11.9. The summed E-state index contributed by atoms with van der Waals surface area (Å²) < 4.78 is 0. The highest BCUT2D eigenvalue weighted by atomic mass is 16.4. The van der Waals surface area contributed by atoms with Crippen molar-refractivity contribution in [1.82, 2.24) is 15.1 Å². The number of aliphatic carboxylic acids is 1. The predicted octanol–water partition coefficient (Wildman–Crippen LogP) is 0.0952. The molecule has 1 atom stereocenters. The summed E-state index contributed by atoms with van der Waals surface area (Å²) in [6.45, 7) is 3.22. The lowest BCUT2D eigenvalue weighted by atomic mass is 10.2. The van der Waals surface area contributed by atoms with Crippen LogP contribution in [-0.4, -0.2) is 44.7 Å². The highest BCUT2D eigenvalue weighted by Crippen LogP contribution is 2.08.